The third-order valence-electron chi connectivity index (χ3n) is 0.297. The Morgan fingerprint density at radius 3 is 2.00 bits per heavy atom. The van der Waals surface area contributed by atoms with Crippen LogP contribution in [-0.4, -0.2) is 22.3 Å². The molecule has 0 atom stereocenters. The maximum atomic E-state index is 11.1. The fourth-order valence-corrected chi connectivity index (χ4v) is 0.149. The Morgan fingerprint density at radius 2 is 2.00 bits per heavy atom. The molecule has 0 fully saturated rings. The van der Waals surface area contributed by atoms with Crippen LogP contribution in [0.3, 0.4) is 0 Å². The fraction of sp³-hybridized carbons (Fsp3) is 0.333. The van der Waals surface area contributed by atoms with Gasteiger partial charge in [0.1, 0.15) is 0 Å². The van der Waals surface area contributed by atoms with Crippen molar-refractivity contribution < 1.29 is 23.8 Å². The van der Waals surface area contributed by atoms with Crippen molar-refractivity contribution in [1.82, 2.24) is 0 Å². The molecule has 47 valence electrons. The van der Waals surface area contributed by atoms with Gasteiger partial charge in [0, 0.05) is 0 Å². The van der Waals surface area contributed by atoms with Crippen LogP contribution in [0.2, 0.25) is 0 Å². The van der Waals surface area contributed by atoms with Crippen molar-refractivity contribution in [3.05, 3.63) is 6.42 Å². The lowest BCUT2D eigenvalue weighted by atomic mass is 10.4. The van der Waals surface area contributed by atoms with Gasteiger partial charge in [-0.25, -0.2) is 0 Å². The summed E-state index contributed by atoms with van der Waals surface area (Å²) in [6, 6.07) is 0. The van der Waals surface area contributed by atoms with Gasteiger partial charge in [-0.05, 0) is 0 Å². The van der Waals surface area contributed by atoms with Gasteiger partial charge in [0.2, 0.25) is 0 Å². The van der Waals surface area contributed by atoms with E-state index < -0.39 is 18.5 Å². The van der Waals surface area contributed by atoms with Crippen LogP contribution in [0.1, 0.15) is 0 Å². The topological polar surface area (TPSA) is 57.5 Å². The normalized spacial score (nSPS) is 11.4. The third-order valence-corrected chi connectivity index (χ3v) is 0.297. The summed E-state index contributed by atoms with van der Waals surface area (Å²) in [7, 11) is 0. The summed E-state index contributed by atoms with van der Waals surface area (Å²) in [4.78, 5) is 9.32. The molecule has 0 aromatic carbocycles. The Morgan fingerprint density at radius 1 is 1.62 bits per heavy atom. The van der Waals surface area contributed by atoms with E-state index in [0.717, 1.165) is 0 Å². The predicted octanol–water partition coefficient (Wildman–Crippen LogP) is -0.140. The zero-order valence-corrected chi connectivity index (χ0v) is 3.64. The Hall–Kier alpha value is -0.710. The van der Waals surface area contributed by atoms with Crippen LogP contribution in [0.15, 0.2) is 0 Å². The van der Waals surface area contributed by atoms with Crippen molar-refractivity contribution in [3.63, 3.8) is 0 Å². The van der Waals surface area contributed by atoms with Gasteiger partial charge in [0.15, 0.2) is 6.42 Å². The lowest BCUT2D eigenvalue weighted by Crippen LogP contribution is -2.20. The van der Waals surface area contributed by atoms with Crippen LogP contribution in [0.25, 0.3) is 0 Å². The minimum absolute atomic E-state index is 0.507. The highest BCUT2D eigenvalue weighted by Crippen LogP contribution is 2.10. The number of rotatable bonds is 2. The number of aliphatic hydroxyl groups is 1. The number of carboxylic acid groups (broad SMARTS) is 1. The predicted molar refractivity (Wildman–Crippen MR) is 19.1 cm³/mol. The first-order valence-electron chi connectivity index (χ1n) is 1.61. The first-order chi connectivity index (χ1) is 3.42. The number of alkyl halides is 2. The van der Waals surface area contributed by atoms with E-state index >= 15 is 0 Å². The van der Waals surface area contributed by atoms with E-state index in [1.54, 1.807) is 0 Å². The molecule has 0 aliphatic carbocycles. The van der Waals surface area contributed by atoms with E-state index in [1.807, 2.05) is 0 Å². The van der Waals surface area contributed by atoms with Crippen LogP contribution in [0, 0.1) is 6.42 Å². The highest BCUT2D eigenvalue weighted by atomic mass is 19.3. The van der Waals surface area contributed by atoms with Crippen LogP contribution >= 0.6 is 0 Å². The number of aliphatic carboxylic acids is 1. The van der Waals surface area contributed by atoms with Crippen LogP contribution in [0.5, 0.6) is 0 Å². The molecular weight excluding hydrogens is 122 g/mol. The molecule has 0 rings (SSSR count). The number of hydrogen-bond donors (Lipinski definition) is 2. The van der Waals surface area contributed by atoms with Gasteiger partial charge >= 0.3 is 12.1 Å². The van der Waals surface area contributed by atoms with E-state index in [2.05, 4.69) is 0 Å². The molecule has 8 heavy (non-hydrogen) atoms. The molecule has 0 bridgehead atoms. The SMILES string of the molecule is O=C(O)[CH]C(O)(F)F. The molecule has 0 saturated carbocycles. The molecule has 0 aromatic heterocycles. The van der Waals surface area contributed by atoms with Gasteiger partial charge in [-0.2, -0.15) is 8.78 Å². The molecule has 0 aliphatic heterocycles. The van der Waals surface area contributed by atoms with E-state index in [1.165, 1.54) is 0 Å². The molecule has 0 unspecified atom stereocenters. The summed E-state index contributed by atoms with van der Waals surface area (Å²) >= 11 is 0. The van der Waals surface area contributed by atoms with E-state index in [0.29, 0.717) is 0 Å². The maximum Gasteiger partial charge on any atom is 0.367 e. The summed E-state index contributed by atoms with van der Waals surface area (Å²) in [5.41, 5.74) is 0. The minimum Gasteiger partial charge on any atom is -0.481 e. The number of hydrogen-bond acceptors (Lipinski definition) is 2. The molecule has 0 spiro atoms. The average Bonchev–Trinajstić information content (AvgIpc) is 1.21. The van der Waals surface area contributed by atoms with Crippen molar-refractivity contribution in [2.24, 2.45) is 0 Å². The summed E-state index contributed by atoms with van der Waals surface area (Å²) in [6.45, 7) is 0. The molecule has 0 heterocycles. The lowest BCUT2D eigenvalue weighted by Gasteiger charge is -2.01. The molecule has 0 aromatic rings. The van der Waals surface area contributed by atoms with Gasteiger partial charge in [-0.3, -0.25) is 4.79 Å². The smallest absolute Gasteiger partial charge is 0.367 e. The van der Waals surface area contributed by atoms with Gasteiger partial charge in [-0.1, -0.05) is 0 Å². The second-order valence-electron chi connectivity index (χ2n) is 1.07. The van der Waals surface area contributed by atoms with E-state index in [-0.39, 0.29) is 0 Å². The molecule has 0 saturated heterocycles. The lowest BCUT2D eigenvalue weighted by molar-refractivity contribution is -0.179. The molecule has 5 heteroatoms. The van der Waals surface area contributed by atoms with Crippen LogP contribution in [0.4, 0.5) is 8.78 Å². The first kappa shape index (κ1) is 7.29. The molecule has 0 aliphatic rings. The second-order valence-corrected chi connectivity index (χ2v) is 1.07. The van der Waals surface area contributed by atoms with Crippen molar-refractivity contribution >= 4 is 5.97 Å². The van der Waals surface area contributed by atoms with Gasteiger partial charge in [0.05, 0.1) is 0 Å². The highest BCUT2D eigenvalue weighted by molar-refractivity contribution is 5.77. The zero-order chi connectivity index (χ0) is 6.78. The summed E-state index contributed by atoms with van der Waals surface area (Å²) in [5.74, 6) is -1.85. The standard InChI is InChI=1S/C3H3F2O3/c4-3(5,8)1-2(6)7/h1,8H,(H,6,7). The second kappa shape index (κ2) is 2.04. The molecule has 1 radical (unpaired) electrons. The van der Waals surface area contributed by atoms with E-state index in [9.17, 15) is 13.6 Å². The van der Waals surface area contributed by atoms with Crippen LogP contribution in [-0.2, 0) is 4.79 Å². The van der Waals surface area contributed by atoms with Gasteiger partial charge in [-0.15, -0.1) is 0 Å². The molecule has 3 nitrogen and oxygen atoms in total. The van der Waals surface area contributed by atoms with Crippen molar-refractivity contribution in [3.8, 4) is 0 Å². The molecule has 0 amide bonds. The molecular formula is C3H3F2O3. The fourth-order valence-electron chi connectivity index (χ4n) is 0.149. The highest BCUT2D eigenvalue weighted by Gasteiger charge is 2.28. The largest absolute Gasteiger partial charge is 0.481 e. The zero-order valence-electron chi connectivity index (χ0n) is 3.64. The van der Waals surface area contributed by atoms with Crippen molar-refractivity contribution in [2.45, 2.75) is 6.11 Å². The minimum atomic E-state index is -4.20. The third kappa shape index (κ3) is 5.29. The number of carbonyl (C=O) groups is 1. The van der Waals surface area contributed by atoms with E-state index in [4.69, 9.17) is 10.2 Å². The van der Waals surface area contributed by atoms with Crippen molar-refractivity contribution in [2.75, 3.05) is 0 Å². The number of halogens is 2. The summed E-state index contributed by atoms with van der Waals surface area (Å²) in [6.07, 6.45) is -4.71. The summed E-state index contributed by atoms with van der Waals surface area (Å²) in [5, 5.41) is 15.0. The molecule has 2 N–H and O–H groups in total. The Labute approximate surface area is 43.6 Å². The Balaban J connectivity index is 3.55. The quantitative estimate of drug-likeness (QED) is 0.540. The average molecular weight is 125 g/mol. The first-order valence-corrected chi connectivity index (χ1v) is 1.61. The van der Waals surface area contributed by atoms with Gasteiger partial charge < -0.3 is 10.2 Å². The number of carboxylic acids is 1. The Kier molecular flexibility index (Phi) is 1.86. The van der Waals surface area contributed by atoms with Gasteiger partial charge in [0.25, 0.3) is 0 Å². The Bertz CT molecular complexity index is 95.2. The summed E-state index contributed by atoms with van der Waals surface area (Å²) < 4.78 is 22.2. The van der Waals surface area contributed by atoms with Crippen molar-refractivity contribution in [1.29, 1.82) is 0 Å². The monoisotopic (exact) mass is 125 g/mol. The van der Waals surface area contributed by atoms with Crippen LogP contribution < -0.4 is 0 Å². The maximum absolute atomic E-state index is 11.1.